The predicted molar refractivity (Wildman–Crippen MR) is 47.9 cm³/mol. The summed E-state index contributed by atoms with van der Waals surface area (Å²) in [6, 6.07) is 0. The van der Waals surface area contributed by atoms with Gasteiger partial charge in [0, 0.05) is 12.1 Å². The number of hydrogen-bond donors (Lipinski definition) is 2. The lowest BCUT2D eigenvalue weighted by Gasteiger charge is -2.00. The van der Waals surface area contributed by atoms with E-state index in [1.54, 1.807) is 0 Å². The minimum atomic E-state index is -0.269. The van der Waals surface area contributed by atoms with Crippen LogP contribution in [0.15, 0.2) is 10.8 Å². The van der Waals surface area contributed by atoms with E-state index in [4.69, 9.17) is 9.63 Å². The number of carbonyl (C=O) groups is 1. The highest BCUT2D eigenvalue weighted by Gasteiger charge is 2.30. The number of nitrogens with one attached hydrogen (secondary N) is 1. The normalized spacial score (nSPS) is 15.5. The first-order chi connectivity index (χ1) is 6.83. The number of carbonyl (C=O) groups excluding carboxylic acids is 1. The fraction of sp³-hybridized carbons (Fsp3) is 0.556. The maximum Gasteiger partial charge on any atom is 0.273 e. The van der Waals surface area contributed by atoms with Gasteiger partial charge in [-0.15, -0.1) is 0 Å². The van der Waals surface area contributed by atoms with Crippen LogP contribution in [-0.4, -0.2) is 29.3 Å². The third kappa shape index (κ3) is 1.77. The Labute approximate surface area is 81.1 Å². The van der Waals surface area contributed by atoms with Gasteiger partial charge in [0.2, 0.25) is 0 Å². The SMILES string of the molecule is O=C(NCCO)c1nocc1C1CC1. The van der Waals surface area contributed by atoms with Gasteiger partial charge in [-0.25, -0.2) is 0 Å². The van der Waals surface area contributed by atoms with Gasteiger partial charge in [-0.2, -0.15) is 0 Å². The Kier molecular flexibility index (Phi) is 2.49. The highest BCUT2D eigenvalue weighted by molar-refractivity contribution is 5.93. The molecule has 1 heterocycles. The van der Waals surface area contributed by atoms with Crippen LogP contribution in [-0.2, 0) is 0 Å². The van der Waals surface area contributed by atoms with E-state index in [0.717, 1.165) is 18.4 Å². The third-order valence-corrected chi connectivity index (χ3v) is 2.23. The molecule has 0 radical (unpaired) electrons. The standard InChI is InChI=1S/C9H12N2O3/c12-4-3-10-9(13)8-7(5-14-11-8)6-1-2-6/h5-6,12H,1-4H2,(H,10,13). The van der Waals surface area contributed by atoms with Crippen molar-refractivity contribution in [3.05, 3.63) is 17.5 Å². The Balaban J connectivity index is 2.06. The summed E-state index contributed by atoms with van der Waals surface area (Å²) >= 11 is 0. The summed E-state index contributed by atoms with van der Waals surface area (Å²) < 4.78 is 4.77. The molecule has 1 aromatic heterocycles. The number of aliphatic hydroxyl groups excluding tert-OH is 1. The zero-order valence-electron chi connectivity index (χ0n) is 7.69. The molecule has 2 N–H and O–H groups in total. The zero-order valence-corrected chi connectivity index (χ0v) is 7.69. The lowest BCUT2D eigenvalue weighted by molar-refractivity contribution is 0.0935. The minimum Gasteiger partial charge on any atom is -0.395 e. The molecule has 2 rings (SSSR count). The van der Waals surface area contributed by atoms with Crippen molar-refractivity contribution in [2.45, 2.75) is 18.8 Å². The van der Waals surface area contributed by atoms with Crippen molar-refractivity contribution in [2.75, 3.05) is 13.2 Å². The monoisotopic (exact) mass is 196 g/mol. The van der Waals surface area contributed by atoms with E-state index in [-0.39, 0.29) is 19.1 Å². The summed E-state index contributed by atoms with van der Waals surface area (Å²) in [6.45, 7) is 0.179. The molecule has 0 saturated heterocycles. The van der Waals surface area contributed by atoms with E-state index in [0.29, 0.717) is 11.6 Å². The number of rotatable bonds is 4. The molecular weight excluding hydrogens is 184 g/mol. The molecule has 0 aliphatic heterocycles. The second-order valence-corrected chi connectivity index (χ2v) is 3.37. The Morgan fingerprint density at radius 3 is 3.14 bits per heavy atom. The van der Waals surface area contributed by atoms with Crippen molar-refractivity contribution in [1.29, 1.82) is 0 Å². The molecule has 1 amide bonds. The van der Waals surface area contributed by atoms with Gasteiger partial charge in [-0.3, -0.25) is 4.79 Å². The molecular formula is C9H12N2O3. The average Bonchev–Trinajstić information content (AvgIpc) is 2.93. The van der Waals surface area contributed by atoms with Crippen molar-refractivity contribution in [1.82, 2.24) is 10.5 Å². The van der Waals surface area contributed by atoms with Crippen LogP contribution >= 0.6 is 0 Å². The molecule has 0 atom stereocenters. The Morgan fingerprint density at radius 2 is 2.50 bits per heavy atom. The van der Waals surface area contributed by atoms with E-state index >= 15 is 0 Å². The Hall–Kier alpha value is -1.36. The van der Waals surface area contributed by atoms with Gasteiger partial charge >= 0.3 is 0 Å². The number of hydrogen-bond acceptors (Lipinski definition) is 4. The number of aliphatic hydroxyl groups is 1. The van der Waals surface area contributed by atoms with E-state index < -0.39 is 0 Å². The van der Waals surface area contributed by atoms with Crippen LogP contribution in [0.1, 0.15) is 34.8 Å². The topological polar surface area (TPSA) is 75.4 Å². The molecule has 0 unspecified atom stereocenters. The molecule has 0 aromatic carbocycles. The van der Waals surface area contributed by atoms with Crippen LogP contribution in [0.3, 0.4) is 0 Å². The smallest absolute Gasteiger partial charge is 0.273 e. The van der Waals surface area contributed by atoms with Crippen LogP contribution in [0.25, 0.3) is 0 Å². The fourth-order valence-electron chi connectivity index (χ4n) is 1.35. The molecule has 1 aliphatic rings. The van der Waals surface area contributed by atoms with Crippen molar-refractivity contribution in [3.63, 3.8) is 0 Å². The first-order valence-electron chi connectivity index (χ1n) is 4.66. The summed E-state index contributed by atoms with van der Waals surface area (Å²) in [6.07, 6.45) is 3.73. The van der Waals surface area contributed by atoms with E-state index in [9.17, 15) is 4.79 Å². The predicted octanol–water partition coefficient (Wildman–Crippen LogP) is 0.274. The van der Waals surface area contributed by atoms with Crippen molar-refractivity contribution < 1.29 is 14.4 Å². The fourth-order valence-corrected chi connectivity index (χ4v) is 1.35. The van der Waals surface area contributed by atoms with Gasteiger partial charge in [0.05, 0.1) is 6.61 Å². The molecule has 1 saturated carbocycles. The van der Waals surface area contributed by atoms with Crippen LogP contribution in [0, 0.1) is 0 Å². The van der Waals surface area contributed by atoms with Crippen molar-refractivity contribution in [3.8, 4) is 0 Å². The van der Waals surface area contributed by atoms with Gasteiger partial charge in [-0.05, 0) is 18.8 Å². The van der Waals surface area contributed by atoms with E-state index in [2.05, 4.69) is 10.5 Å². The maximum absolute atomic E-state index is 11.5. The van der Waals surface area contributed by atoms with Gasteiger partial charge in [0.25, 0.3) is 5.91 Å². The second kappa shape index (κ2) is 3.79. The van der Waals surface area contributed by atoms with E-state index in [1.807, 2.05) is 0 Å². The van der Waals surface area contributed by atoms with Crippen LogP contribution in [0.5, 0.6) is 0 Å². The molecule has 5 nitrogen and oxygen atoms in total. The summed E-state index contributed by atoms with van der Waals surface area (Å²) in [4.78, 5) is 11.5. The summed E-state index contributed by atoms with van der Waals surface area (Å²) in [5.41, 5.74) is 1.25. The highest BCUT2D eigenvalue weighted by Crippen LogP contribution is 2.41. The highest BCUT2D eigenvalue weighted by atomic mass is 16.5. The van der Waals surface area contributed by atoms with E-state index in [1.165, 1.54) is 6.26 Å². The second-order valence-electron chi connectivity index (χ2n) is 3.37. The first-order valence-corrected chi connectivity index (χ1v) is 4.66. The summed E-state index contributed by atoms with van der Waals surface area (Å²) in [7, 11) is 0. The average molecular weight is 196 g/mol. The van der Waals surface area contributed by atoms with Crippen LogP contribution in [0.4, 0.5) is 0 Å². The third-order valence-electron chi connectivity index (χ3n) is 2.23. The molecule has 0 spiro atoms. The van der Waals surface area contributed by atoms with Crippen LogP contribution < -0.4 is 5.32 Å². The Morgan fingerprint density at radius 1 is 1.71 bits per heavy atom. The molecule has 76 valence electrons. The Bertz CT molecular complexity index is 331. The van der Waals surface area contributed by atoms with Gasteiger partial charge in [-0.1, -0.05) is 5.16 Å². The molecule has 1 aromatic rings. The number of nitrogens with zero attached hydrogens (tertiary/aromatic N) is 1. The quantitative estimate of drug-likeness (QED) is 0.725. The van der Waals surface area contributed by atoms with Crippen molar-refractivity contribution >= 4 is 5.91 Å². The lowest BCUT2D eigenvalue weighted by Crippen LogP contribution is -2.27. The number of amides is 1. The largest absolute Gasteiger partial charge is 0.395 e. The first kappa shape index (κ1) is 9.21. The van der Waals surface area contributed by atoms with Crippen molar-refractivity contribution in [2.24, 2.45) is 0 Å². The summed E-state index contributed by atoms with van der Waals surface area (Å²) in [5.74, 6) is 0.172. The van der Waals surface area contributed by atoms with Gasteiger partial charge < -0.3 is 14.9 Å². The molecule has 0 bridgehead atoms. The van der Waals surface area contributed by atoms with Crippen LogP contribution in [0.2, 0.25) is 0 Å². The number of aromatic nitrogens is 1. The minimum absolute atomic E-state index is 0.0671. The van der Waals surface area contributed by atoms with Gasteiger partial charge in [0.15, 0.2) is 5.69 Å². The van der Waals surface area contributed by atoms with Gasteiger partial charge in [0.1, 0.15) is 6.26 Å². The maximum atomic E-state index is 11.5. The summed E-state index contributed by atoms with van der Waals surface area (Å²) in [5, 5.41) is 14.8. The molecule has 1 aliphatic carbocycles. The lowest BCUT2D eigenvalue weighted by atomic mass is 10.1. The molecule has 14 heavy (non-hydrogen) atoms. The molecule has 5 heteroatoms. The zero-order chi connectivity index (χ0) is 9.97. The molecule has 1 fully saturated rings.